The van der Waals surface area contributed by atoms with Crippen LogP contribution in [0.5, 0.6) is 0 Å². The number of allylic oxidation sites excluding steroid dienone is 1. The molecule has 0 bridgehead atoms. The minimum Gasteiger partial charge on any atom is -0.0802 e. The minimum absolute atomic E-state index is 0.492. The normalized spacial score (nSPS) is 13.8. The molecule has 0 aliphatic heterocycles. The molecule has 0 atom stereocenters. The monoisotopic (exact) mass is 132 g/mol. The standard InChI is InChI=1S/C8H8Si/c1-3-7-4-2-6-9-8(7)5-1/h1-4,6,9H,5H2. The number of hydrogen-bond acceptors (Lipinski definition) is 0. The zero-order valence-corrected chi connectivity index (χ0v) is 6.33. The van der Waals surface area contributed by atoms with E-state index in [0.29, 0.717) is 9.12 Å². The topological polar surface area (TPSA) is 0 Å². The Morgan fingerprint density at radius 3 is 3.33 bits per heavy atom. The van der Waals surface area contributed by atoms with Crippen molar-refractivity contribution in [1.82, 2.24) is 0 Å². The minimum atomic E-state index is 0.492. The summed E-state index contributed by atoms with van der Waals surface area (Å²) in [5.74, 6) is 0. The second-order valence-corrected chi connectivity index (χ2v) is 3.72. The molecule has 0 aromatic carbocycles. The van der Waals surface area contributed by atoms with Gasteiger partial charge in [0.15, 0.2) is 0 Å². The van der Waals surface area contributed by atoms with E-state index in [-0.39, 0.29) is 0 Å². The summed E-state index contributed by atoms with van der Waals surface area (Å²) in [7, 11) is 0.492. The van der Waals surface area contributed by atoms with Crippen molar-refractivity contribution in [2.45, 2.75) is 6.42 Å². The van der Waals surface area contributed by atoms with E-state index in [4.69, 9.17) is 0 Å². The van der Waals surface area contributed by atoms with Crippen LogP contribution in [0, 0.1) is 0 Å². The van der Waals surface area contributed by atoms with Gasteiger partial charge in [-0.05, 0) is 12.0 Å². The smallest absolute Gasteiger partial charge is 0.0251 e. The number of rotatable bonds is 0. The van der Waals surface area contributed by atoms with Gasteiger partial charge in [0, 0.05) is 9.12 Å². The molecule has 1 aromatic rings. The first-order chi connectivity index (χ1) is 4.47. The summed E-state index contributed by atoms with van der Waals surface area (Å²) in [6, 6.07) is 4.37. The van der Waals surface area contributed by atoms with E-state index < -0.39 is 0 Å². The lowest BCUT2D eigenvalue weighted by atomic mass is 10.3. The summed E-state index contributed by atoms with van der Waals surface area (Å²) >= 11 is 0. The third-order valence-corrected chi connectivity index (χ3v) is 3.08. The van der Waals surface area contributed by atoms with Crippen LogP contribution >= 0.6 is 0 Å². The Morgan fingerprint density at radius 1 is 1.44 bits per heavy atom. The zero-order valence-electron chi connectivity index (χ0n) is 5.17. The molecule has 0 amide bonds. The fourth-order valence-corrected chi connectivity index (χ4v) is 2.31. The molecule has 0 unspecified atom stereocenters. The molecule has 1 aromatic heterocycles. The quantitative estimate of drug-likeness (QED) is 0.467. The van der Waals surface area contributed by atoms with Gasteiger partial charge in [0.05, 0.1) is 0 Å². The van der Waals surface area contributed by atoms with Gasteiger partial charge in [0.1, 0.15) is 0 Å². The van der Waals surface area contributed by atoms with Crippen molar-refractivity contribution < 1.29 is 0 Å². The predicted octanol–water partition coefficient (Wildman–Crippen LogP) is 1.33. The van der Waals surface area contributed by atoms with Crippen LogP contribution in [0.25, 0.3) is 6.08 Å². The molecule has 0 radical (unpaired) electrons. The molecule has 1 heteroatoms. The van der Waals surface area contributed by atoms with Gasteiger partial charge in [-0.15, -0.1) is 0 Å². The van der Waals surface area contributed by atoms with Crippen LogP contribution in [-0.4, -0.2) is 9.12 Å². The van der Waals surface area contributed by atoms with Crippen LogP contribution in [0.1, 0.15) is 10.7 Å². The van der Waals surface area contributed by atoms with Crippen molar-refractivity contribution in [1.29, 1.82) is 0 Å². The lowest BCUT2D eigenvalue weighted by molar-refractivity contribution is 1.38. The van der Waals surface area contributed by atoms with E-state index in [2.05, 4.69) is 30.0 Å². The average molecular weight is 132 g/mol. The van der Waals surface area contributed by atoms with Crippen molar-refractivity contribution in [3.8, 4) is 0 Å². The molecule has 1 aliphatic carbocycles. The average Bonchev–Trinajstić information content (AvgIpc) is 2.33. The fourth-order valence-electron chi connectivity index (χ4n) is 1.20. The van der Waals surface area contributed by atoms with Gasteiger partial charge in [0.25, 0.3) is 0 Å². The first-order valence-electron chi connectivity index (χ1n) is 3.21. The van der Waals surface area contributed by atoms with Crippen LogP contribution in [0.3, 0.4) is 0 Å². The van der Waals surface area contributed by atoms with Gasteiger partial charge in [-0.3, -0.25) is 0 Å². The van der Waals surface area contributed by atoms with Crippen LogP contribution < -0.4 is 0 Å². The first-order valence-corrected chi connectivity index (χ1v) is 4.46. The van der Waals surface area contributed by atoms with Gasteiger partial charge in [0.2, 0.25) is 0 Å². The molecule has 0 N–H and O–H groups in total. The largest absolute Gasteiger partial charge is 0.0802 e. The third-order valence-electron chi connectivity index (χ3n) is 1.69. The third kappa shape index (κ3) is 0.774. The number of fused-ring (bicyclic) bond motifs is 1. The predicted molar refractivity (Wildman–Crippen MR) is 41.9 cm³/mol. The molecule has 0 saturated carbocycles. The highest BCUT2D eigenvalue weighted by Gasteiger charge is 2.00. The Balaban J connectivity index is 2.63. The van der Waals surface area contributed by atoms with Crippen molar-refractivity contribution in [3.63, 3.8) is 0 Å². The van der Waals surface area contributed by atoms with E-state index in [1.54, 1.807) is 5.17 Å². The summed E-state index contributed by atoms with van der Waals surface area (Å²) in [6.45, 7) is 0. The van der Waals surface area contributed by atoms with Crippen LogP contribution in [0.15, 0.2) is 23.9 Å². The molecule has 2 rings (SSSR count). The summed E-state index contributed by atoms with van der Waals surface area (Å²) in [5.41, 5.74) is 3.78. The van der Waals surface area contributed by atoms with Gasteiger partial charge < -0.3 is 0 Å². The molecule has 0 nitrogen and oxygen atoms in total. The molecular weight excluding hydrogens is 124 g/mol. The highest BCUT2D eigenvalue weighted by atomic mass is 28.2. The lowest BCUT2D eigenvalue weighted by Crippen LogP contribution is -1.84. The van der Waals surface area contributed by atoms with Crippen LogP contribution in [0.4, 0.5) is 0 Å². The Kier molecular flexibility index (Phi) is 1.09. The van der Waals surface area contributed by atoms with E-state index in [1.165, 1.54) is 12.0 Å². The van der Waals surface area contributed by atoms with Gasteiger partial charge in [-0.1, -0.05) is 35.1 Å². The Hall–Kier alpha value is -0.693. The first kappa shape index (κ1) is 5.12. The molecule has 0 fully saturated rings. The molecule has 9 heavy (non-hydrogen) atoms. The van der Waals surface area contributed by atoms with Crippen LogP contribution in [0.2, 0.25) is 0 Å². The Morgan fingerprint density at radius 2 is 2.44 bits per heavy atom. The van der Waals surface area contributed by atoms with Gasteiger partial charge >= 0.3 is 0 Å². The number of hydrogen-bond donors (Lipinski definition) is 0. The molecule has 0 saturated heterocycles. The maximum absolute atomic E-state index is 2.30. The SMILES string of the molecule is C1=Cc2ccc[siH]c2C1. The summed E-state index contributed by atoms with van der Waals surface area (Å²) in [5, 5.41) is 1.66. The fraction of sp³-hybridized carbons (Fsp3) is 0.125. The second-order valence-electron chi connectivity index (χ2n) is 2.31. The lowest BCUT2D eigenvalue weighted by Gasteiger charge is -1.92. The van der Waals surface area contributed by atoms with E-state index in [1.807, 2.05) is 0 Å². The van der Waals surface area contributed by atoms with E-state index in [9.17, 15) is 0 Å². The maximum atomic E-state index is 2.30. The van der Waals surface area contributed by atoms with E-state index in [0.717, 1.165) is 0 Å². The highest BCUT2D eigenvalue weighted by Crippen LogP contribution is 2.14. The Bertz CT molecular complexity index is 250. The van der Waals surface area contributed by atoms with Crippen molar-refractivity contribution in [2.24, 2.45) is 0 Å². The molecule has 44 valence electrons. The molecule has 0 spiro atoms. The van der Waals surface area contributed by atoms with Crippen molar-refractivity contribution >= 4 is 15.2 Å². The maximum Gasteiger partial charge on any atom is 0.0251 e. The highest BCUT2D eigenvalue weighted by molar-refractivity contribution is 6.32. The Labute approximate surface area is 57.0 Å². The molecular formula is C8H8Si. The second kappa shape index (κ2) is 1.92. The molecule has 1 heterocycles. The van der Waals surface area contributed by atoms with E-state index >= 15 is 0 Å². The molecule has 1 aliphatic rings. The summed E-state index contributed by atoms with van der Waals surface area (Å²) in [4.78, 5) is 0. The van der Waals surface area contributed by atoms with Crippen LogP contribution in [-0.2, 0) is 6.42 Å². The van der Waals surface area contributed by atoms with Gasteiger partial charge in [-0.2, -0.15) is 0 Å². The summed E-state index contributed by atoms with van der Waals surface area (Å²) < 4.78 is 0. The summed E-state index contributed by atoms with van der Waals surface area (Å²) in [6.07, 6.45) is 5.69. The van der Waals surface area contributed by atoms with Crippen molar-refractivity contribution in [3.05, 3.63) is 34.6 Å². The zero-order chi connectivity index (χ0) is 6.10. The van der Waals surface area contributed by atoms with Gasteiger partial charge in [-0.25, -0.2) is 0 Å². The van der Waals surface area contributed by atoms with Crippen molar-refractivity contribution in [2.75, 3.05) is 0 Å².